The minimum absolute atomic E-state index is 0.114. The highest BCUT2D eigenvalue weighted by atomic mass is 16.7. The number of aromatic nitrogens is 3. The lowest BCUT2D eigenvalue weighted by Gasteiger charge is -2.38. The molecule has 2 aliphatic heterocycles. The van der Waals surface area contributed by atoms with Gasteiger partial charge in [-0.15, -0.1) is 0 Å². The monoisotopic (exact) mass is 498 g/mol. The molecule has 8 nitrogen and oxygen atoms in total. The van der Waals surface area contributed by atoms with Gasteiger partial charge in [0.15, 0.2) is 17.1 Å². The number of hydrogen-bond acceptors (Lipinski definition) is 6. The van der Waals surface area contributed by atoms with E-state index in [0.29, 0.717) is 31.0 Å². The van der Waals surface area contributed by atoms with Crippen molar-refractivity contribution < 1.29 is 19.0 Å². The van der Waals surface area contributed by atoms with Crippen LogP contribution in [-0.4, -0.2) is 47.2 Å². The number of carbonyl (C=O) groups is 1. The van der Waals surface area contributed by atoms with E-state index in [4.69, 9.17) is 19.2 Å². The van der Waals surface area contributed by atoms with Crippen molar-refractivity contribution in [2.24, 2.45) is 0 Å². The van der Waals surface area contributed by atoms with Gasteiger partial charge >= 0.3 is 0 Å². The van der Waals surface area contributed by atoms with Crippen LogP contribution in [0.2, 0.25) is 0 Å². The number of ether oxygens (including phenoxy) is 3. The third-order valence-electron chi connectivity index (χ3n) is 7.39. The van der Waals surface area contributed by atoms with Crippen LogP contribution in [0.5, 0.6) is 11.5 Å². The van der Waals surface area contributed by atoms with Crippen LogP contribution >= 0.6 is 0 Å². The highest BCUT2D eigenvalue weighted by Crippen LogP contribution is 2.40. The maximum atomic E-state index is 13.8. The molecule has 0 radical (unpaired) electrons. The van der Waals surface area contributed by atoms with Gasteiger partial charge in [-0.2, -0.15) is 5.10 Å². The average molecular weight is 499 g/mol. The number of carbonyl (C=O) groups excluding carboxylic acids is 1. The first-order valence-electron chi connectivity index (χ1n) is 12.7. The number of pyridine rings is 1. The molecule has 0 bridgehead atoms. The third kappa shape index (κ3) is 4.31. The quantitative estimate of drug-likeness (QED) is 0.408. The van der Waals surface area contributed by atoms with Crippen molar-refractivity contribution in [3.05, 3.63) is 71.9 Å². The molecule has 2 aromatic carbocycles. The van der Waals surface area contributed by atoms with Crippen LogP contribution in [0.3, 0.4) is 0 Å². The van der Waals surface area contributed by atoms with Crippen molar-refractivity contribution in [2.45, 2.75) is 38.1 Å². The Bertz CT molecular complexity index is 1440. The van der Waals surface area contributed by atoms with Crippen molar-refractivity contribution in [2.75, 3.05) is 26.6 Å². The molecule has 8 heteroatoms. The zero-order chi connectivity index (χ0) is 25.4. The smallest absolute Gasteiger partial charge is 0.252 e. The zero-order valence-electron chi connectivity index (χ0n) is 21.1. The van der Waals surface area contributed by atoms with Crippen molar-refractivity contribution in [1.29, 1.82) is 0 Å². The van der Waals surface area contributed by atoms with Gasteiger partial charge in [0.05, 0.1) is 22.8 Å². The number of amides is 1. The number of benzene rings is 2. The number of rotatable bonds is 6. The molecule has 0 aliphatic carbocycles. The van der Waals surface area contributed by atoms with Gasteiger partial charge in [-0.25, -0.2) is 9.67 Å². The molecule has 37 heavy (non-hydrogen) atoms. The van der Waals surface area contributed by atoms with E-state index in [2.05, 4.69) is 30.3 Å². The second-order valence-corrected chi connectivity index (χ2v) is 9.98. The lowest BCUT2D eigenvalue weighted by atomic mass is 9.74. The van der Waals surface area contributed by atoms with Gasteiger partial charge in [-0.1, -0.05) is 36.4 Å². The van der Waals surface area contributed by atoms with Gasteiger partial charge in [0.2, 0.25) is 6.79 Å². The molecule has 1 amide bonds. The molecule has 1 saturated heterocycles. The molecule has 1 fully saturated rings. The van der Waals surface area contributed by atoms with E-state index >= 15 is 0 Å². The fourth-order valence-corrected chi connectivity index (χ4v) is 5.24. The first-order valence-corrected chi connectivity index (χ1v) is 12.7. The maximum absolute atomic E-state index is 13.8. The van der Waals surface area contributed by atoms with Crippen LogP contribution in [0.25, 0.3) is 22.3 Å². The summed E-state index contributed by atoms with van der Waals surface area (Å²) in [5.41, 5.74) is 3.85. The summed E-state index contributed by atoms with van der Waals surface area (Å²) in [6.45, 7) is 6.12. The zero-order valence-corrected chi connectivity index (χ0v) is 21.1. The van der Waals surface area contributed by atoms with Gasteiger partial charge < -0.3 is 19.5 Å². The Morgan fingerprint density at radius 1 is 1.05 bits per heavy atom. The van der Waals surface area contributed by atoms with Gasteiger partial charge in [0, 0.05) is 36.8 Å². The number of nitrogens with zero attached hydrogens (tertiary/aromatic N) is 3. The Labute approximate surface area is 215 Å². The molecule has 190 valence electrons. The highest BCUT2D eigenvalue weighted by Gasteiger charge is 2.36. The SMILES string of the molecule is CC(C)n1ncc2c(C(=O)NCC3(c4ccc5c(c4)OCO5)CCOCC3)cc(-c3ccccc3)nc21. The van der Waals surface area contributed by atoms with Crippen molar-refractivity contribution in [3.8, 4) is 22.8 Å². The van der Waals surface area contributed by atoms with Gasteiger partial charge in [0.25, 0.3) is 5.91 Å². The van der Waals surface area contributed by atoms with E-state index in [9.17, 15) is 4.79 Å². The van der Waals surface area contributed by atoms with E-state index in [-0.39, 0.29) is 24.2 Å². The first kappa shape index (κ1) is 23.5. The number of nitrogens with one attached hydrogen (secondary N) is 1. The largest absolute Gasteiger partial charge is 0.454 e. The van der Waals surface area contributed by atoms with E-state index < -0.39 is 0 Å². The summed E-state index contributed by atoms with van der Waals surface area (Å²) in [5, 5.41) is 8.55. The molecule has 1 N–H and O–H groups in total. The molecule has 4 heterocycles. The summed E-state index contributed by atoms with van der Waals surface area (Å²) in [4.78, 5) is 18.7. The average Bonchev–Trinajstić information content (AvgIpc) is 3.59. The number of hydrogen-bond donors (Lipinski definition) is 1. The summed E-state index contributed by atoms with van der Waals surface area (Å²) in [6.07, 6.45) is 3.35. The van der Waals surface area contributed by atoms with Gasteiger partial charge in [-0.05, 0) is 50.5 Å². The van der Waals surface area contributed by atoms with E-state index in [0.717, 1.165) is 46.5 Å². The van der Waals surface area contributed by atoms with Crippen LogP contribution in [0.15, 0.2) is 60.8 Å². The second kappa shape index (κ2) is 9.52. The Hall–Kier alpha value is -3.91. The molecule has 2 aliphatic rings. The van der Waals surface area contributed by atoms with Crippen LogP contribution in [0.4, 0.5) is 0 Å². The van der Waals surface area contributed by atoms with E-state index in [1.165, 1.54) is 0 Å². The Morgan fingerprint density at radius 2 is 1.84 bits per heavy atom. The topological polar surface area (TPSA) is 87.5 Å². The first-order chi connectivity index (χ1) is 18.0. The summed E-state index contributed by atoms with van der Waals surface area (Å²) in [7, 11) is 0. The minimum Gasteiger partial charge on any atom is -0.454 e. The molecule has 0 unspecified atom stereocenters. The lowest BCUT2D eigenvalue weighted by molar-refractivity contribution is 0.0486. The van der Waals surface area contributed by atoms with Crippen molar-refractivity contribution in [3.63, 3.8) is 0 Å². The normalized spacial score (nSPS) is 16.3. The van der Waals surface area contributed by atoms with Gasteiger partial charge in [-0.3, -0.25) is 4.79 Å². The summed E-state index contributed by atoms with van der Waals surface area (Å²) >= 11 is 0. The van der Waals surface area contributed by atoms with Crippen LogP contribution < -0.4 is 14.8 Å². The standard InChI is InChI=1S/C29H30N4O4/c1-19(2)33-27-23(16-31-33)22(15-24(32-27)20-6-4-3-5-7-20)28(34)30-17-29(10-12-35-13-11-29)21-8-9-25-26(14-21)37-18-36-25/h3-9,14-16,19H,10-13,17-18H2,1-2H3,(H,30,34). The van der Waals surface area contributed by atoms with E-state index in [1.54, 1.807) is 6.20 Å². The summed E-state index contributed by atoms with van der Waals surface area (Å²) in [5.74, 6) is 1.36. The lowest BCUT2D eigenvalue weighted by Crippen LogP contribution is -2.44. The fourth-order valence-electron chi connectivity index (χ4n) is 5.24. The molecule has 2 aromatic heterocycles. The molecule has 0 saturated carbocycles. The van der Waals surface area contributed by atoms with Crippen molar-refractivity contribution >= 4 is 16.9 Å². The highest BCUT2D eigenvalue weighted by molar-refractivity contribution is 6.06. The molecule has 6 rings (SSSR count). The Morgan fingerprint density at radius 3 is 2.62 bits per heavy atom. The van der Waals surface area contributed by atoms with Crippen LogP contribution in [0, 0.1) is 0 Å². The fraction of sp³-hybridized carbons (Fsp3) is 0.345. The summed E-state index contributed by atoms with van der Waals surface area (Å²) < 4.78 is 18.7. The Kier molecular flexibility index (Phi) is 6.04. The molecular weight excluding hydrogens is 468 g/mol. The molecule has 0 atom stereocenters. The molecule has 4 aromatic rings. The second-order valence-electron chi connectivity index (χ2n) is 9.98. The van der Waals surface area contributed by atoms with Crippen LogP contribution in [-0.2, 0) is 10.2 Å². The summed E-state index contributed by atoms with van der Waals surface area (Å²) in [6, 6.07) is 18.0. The van der Waals surface area contributed by atoms with Gasteiger partial charge in [0.1, 0.15) is 0 Å². The molecule has 0 spiro atoms. The minimum atomic E-state index is -0.259. The van der Waals surface area contributed by atoms with Crippen molar-refractivity contribution in [1.82, 2.24) is 20.1 Å². The Balaban J connectivity index is 1.35. The van der Waals surface area contributed by atoms with E-state index in [1.807, 2.05) is 53.2 Å². The van der Waals surface area contributed by atoms with Crippen LogP contribution in [0.1, 0.15) is 48.7 Å². The molecular formula is C29H30N4O4. The predicted octanol–water partition coefficient (Wildman–Crippen LogP) is 4.89. The predicted molar refractivity (Wildman–Crippen MR) is 140 cm³/mol. The number of fused-ring (bicyclic) bond motifs is 2. The maximum Gasteiger partial charge on any atom is 0.252 e. The third-order valence-corrected chi connectivity index (χ3v) is 7.39.